The van der Waals surface area contributed by atoms with E-state index in [1.807, 2.05) is 12.1 Å². The van der Waals surface area contributed by atoms with Gasteiger partial charge in [-0.05, 0) is 17.6 Å². The molecule has 64 valence electrons. The minimum atomic E-state index is 0.851. The fourth-order valence-corrected chi connectivity index (χ4v) is 2.14. The molecule has 0 radical (unpaired) electrons. The number of fused-ring (bicyclic) bond motifs is 3. The number of hydrogen-bond donors (Lipinski definition) is 1. The Morgan fingerprint density at radius 1 is 1.31 bits per heavy atom. The van der Waals surface area contributed by atoms with E-state index in [2.05, 4.69) is 27.0 Å². The van der Waals surface area contributed by atoms with Gasteiger partial charge in [0.1, 0.15) is 5.69 Å². The molecule has 13 heavy (non-hydrogen) atoms. The van der Waals surface area contributed by atoms with Gasteiger partial charge >= 0.3 is 0 Å². The Hall–Kier alpha value is -1.42. The third kappa shape index (κ3) is 0.954. The van der Waals surface area contributed by atoms with Crippen LogP contribution in [-0.2, 0) is 6.54 Å². The number of hydrogen-bond acceptors (Lipinski definition) is 4. The molecule has 1 aliphatic heterocycles. The van der Waals surface area contributed by atoms with E-state index in [1.54, 1.807) is 0 Å². The molecule has 3 nitrogen and oxygen atoms in total. The average molecular weight is 189 g/mol. The van der Waals surface area contributed by atoms with Gasteiger partial charge in [-0.3, -0.25) is 0 Å². The molecule has 0 saturated carbocycles. The van der Waals surface area contributed by atoms with E-state index in [-0.39, 0.29) is 0 Å². The summed E-state index contributed by atoms with van der Waals surface area (Å²) in [4.78, 5) is 1.22. The van der Waals surface area contributed by atoms with Gasteiger partial charge in [0.05, 0.1) is 11.4 Å². The lowest BCUT2D eigenvalue weighted by Crippen LogP contribution is -2.06. The van der Waals surface area contributed by atoms with Crippen LogP contribution in [0.1, 0.15) is 4.88 Å². The maximum absolute atomic E-state index is 4.13. The van der Waals surface area contributed by atoms with Crippen LogP contribution in [0.4, 0.5) is 5.69 Å². The second-order valence-corrected chi connectivity index (χ2v) is 3.78. The Balaban J connectivity index is 2.30. The summed E-state index contributed by atoms with van der Waals surface area (Å²) in [6.07, 6.45) is 0. The first kappa shape index (κ1) is 7.03. The van der Waals surface area contributed by atoms with E-state index in [0.29, 0.717) is 0 Å². The smallest absolute Gasteiger partial charge is 0.112 e. The summed E-state index contributed by atoms with van der Waals surface area (Å²) in [7, 11) is 0. The van der Waals surface area contributed by atoms with Gasteiger partial charge in [-0.1, -0.05) is 22.7 Å². The molecule has 1 N–H and O–H groups in total. The Bertz CT molecular complexity index is 450. The summed E-state index contributed by atoms with van der Waals surface area (Å²) in [5.74, 6) is 0. The number of nitrogens with one attached hydrogen (secondary N) is 1. The van der Waals surface area contributed by atoms with Crippen molar-refractivity contribution in [3.63, 3.8) is 0 Å². The van der Waals surface area contributed by atoms with Crippen LogP contribution in [0.25, 0.3) is 11.3 Å². The van der Waals surface area contributed by atoms with Crippen LogP contribution in [0, 0.1) is 0 Å². The average Bonchev–Trinajstić information content (AvgIpc) is 2.65. The second kappa shape index (κ2) is 2.53. The van der Waals surface area contributed by atoms with Gasteiger partial charge in [-0.15, -0.1) is 5.10 Å². The fourth-order valence-electron chi connectivity index (χ4n) is 1.55. The summed E-state index contributed by atoms with van der Waals surface area (Å²) in [6, 6.07) is 8.19. The van der Waals surface area contributed by atoms with Crippen LogP contribution >= 0.6 is 11.5 Å². The van der Waals surface area contributed by atoms with Crippen LogP contribution in [0.5, 0.6) is 0 Å². The summed E-state index contributed by atoms with van der Waals surface area (Å²) in [5.41, 5.74) is 3.36. The Morgan fingerprint density at radius 2 is 2.23 bits per heavy atom. The molecule has 0 fully saturated rings. The van der Waals surface area contributed by atoms with Gasteiger partial charge < -0.3 is 5.32 Å². The Morgan fingerprint density at radius 3 is 3.23 bits per heavy atom. The molecule has 0 unspecified atom stereocenters. The first-order valence-corrected chi connectivity index (χ1v) is 4.87. The van der Waals surface area contributed by atoms with Crippen LogP contribution in [0.3, 0.4) is 0 Å². The zero-order valence-corrected chi connectivity index (χ0v) is 7.64. The summed E-state index contributed by atoms with van der Waals surface area (Å²) < 4.78 is 3.95. The number of rotatable bonds is 0. The summed E-state index contributed by atoms with van der Waals surface area (Å²) in [6.45, 7) is 0.851. The molecule has 1 aliphatic rings. The van der Waals surface area contributed by atoms with Crippen LogP contribution < -0.4 is 5.32 Å². The van der Waals surface area contributed by atoms with E-state index in [0.717, 1.165) is 23.5 Å². The van der Waals surface area contributed by atoms with Crippen LogP contribution in [-0.4, -0.2) is 9.59 Å². The third-order valence-electron chi connectivity index (χ3n) is 2.18. The number of benzene rings is 1. The maximum Gasteiger partial charge on any atom is 0.112 e. The highest BCUT2D eigenvalue weighted by Crippen LogP contribution is 2.34. The molecule has 0 atom stereocenters. The molecule has 1 aromatic carbocycles. The molecule has 4 heteroatoms. The van der Waals surface area contributed by atoms with Crippen molar-refractivity contribution in [1.82, 2.24) is 9.59 Å². The van der Waals surface area contributed by atoms with E-state index < -0.39 is 0 Å². The highest BCUT2D eigenvalue weighted by atomic mass is 32.1. The number of nitrogens with zero attached hydrogens (tertiary/aromatic N) is 2. The standard InChI is InChI=1S/C9H7N3S/c1-2-4-7-6(3-1)9-8(5-10-7)13-12-11-9/h1-4,10H,5H2. The van der Waals surface area contributed by atoms with Gasteiger partial charge in [0.25, 0.3) is 0 Å². The van der Waals surface area contributed by atoms with Gasteiger partial charge in [0, 0.05) is 11.3 Å². The molecular weight excluding hydrogens is 182 g/mol. The minimum Gasteiger partial charge on any atom is -0.379 e. The molecule has 0 saturated heterocycles. The highest BCUT2D eigenvalue weighted by molar-refractivity contribution is 7.06. The van der Waals surface area contributed by atoms with E-state index in [1.165, 1.54) is 16.4 Å². The first-order valence-electron chi connectivity index (χ1n) is 4.09. The fraction of sp³-hybridized carbons (Fsp3) is 0.111. The zero-order chi connectivity index (χ0) is 8.67. The first-order chi connectivity index (χ1) is 6.45. The SMILES string of the molecule is c1ccc2c(c1)NCc1snnc1-2. The van der Waals surface area contributed by atoms with Gasteiger partial charge in [-0.2, -0.15) is 0 Å². The van der Waals surface area contributed by atoms with Gasteiger partial charge in [0.2, 0.25) is 0 Å². The van der Waals surface area contributed by atoms with E-state index >= 15 is 0 Å². The molecule has 0 spiro atoms. The summed E-state index contributed by atoms with van der Waals surface area (Å²) in [5, 5.41) is 7.46. The Kier molecular flexibility index (Phi) is 1.37. The van der Waals surface area contributed by atoms with Crippen molar-refractivity contribution in [1.29, 1.82) is 0 Å². The normalized spacial score (nSPS) is 12.9. The zero-order valence-electron chi connectivity index (χ0n) is 6.82. The van der Waals surface area contributed by atoms with Crippen LogP contribution in [0.2, 0.25) is 0 Å². The lowest BCUT2D eigenvalue weighted by molar-refractivity contribution is 1.10. The molecule has 2 aromatic rings. The Labute approximate surface area is 79.6 Å². The lowest BCUT2D eigenvalue weighted by Gasteiger charge is -2.15. The number of anilines is 1. The predicted octanol–water partition coefficient (Wildman–Crippen LogP) is 2.13. The van der Waals surface area contributed by atoms with Crippen molar-refractivity contribution in [2.75, 3.05) is 5.32 Å². The lowest BCUT2D eigenvalue weighted by atomic mass is 10.1. The van der Waals surface area contributed by atoms with E-state index in [4.69, 9.17) is 0 Å². The van der Waals surface area contributed by atoms with Crippen molar-refractivity contribution in [3.05, 3.63) is 29.1 Å². The molecule has 3 rings (SSSR count). The number of aromatic nitrogens is 2. The molecule has 0 bridgehead atoms. The predicted molar refractivity (Wildman–Crippen MR) is 52.7 cm³/mol. The van der Waals surface area contributed by atoms with Crippen LogP contribution in [0.15, 0.2) is 24.3 Å². The number of para-hydroxylation sites is 1. The summed E-state index contributed by atoms with van der Waals surface area (Å²) >= 11 is 1.47. The second-order valence-electron chi connectivity index (χ2n) is 2.94. The third-order valence-corrected chi connectivity index (χ3v) is 2.90. The van der Waals surface area contributed by atoms with Crippen molar-refractivity contribution >= 4 is 17.2 Å². The van der Waals surface area contributed by atoms with Crippen molar-refractivity contribution < 1.29 is 0 Å². The monoisotopic (exact) mass is 189 g/mol. The van der Waals surface area contributed by atoms with Crippen molar-refractivity contribution in [2.24, 2.45) is 0 Å². The topological polar surface area (TPSA) is 37.8 Å². The minimum absolute atomic E-state index is 0.851. The molecule has 0 aliphatic carbocycles. The highest BCUT2D eigenvalue weighted by Gasteiger charge is 2.17. The van der Waals surface area contributed by atoms with Gasteiger partial charge in [0.15, 0.2) is 0 Å². The molecular formula is C9H7N3S. The molecule has 2 heterocycles. The molecule has 0 amide bonds. The van der Waals surface area contributed by atoms with Gasteiger partial charge in [-0.25, -0.2) is 0 Å². The van der Waals surface area contributed by atoms with Crippen molar-refractivity contribution in [3.8, 4) is 11.3 Å². The maximum atomic E-state index is 4.13. The largest absolute Gasteiger partial charge is 0.379 e. The van der Waals surface area contributed by atoms with Crippen molar-refractivity contribution in [2.45, 2.75) is 6.54 Å². The van der Waals surface area contributed by atoms with E-state index in [9.17, 15) is 0 Å². The molecule has 1 aromatic heterocycles. The quantitative estimate of drug-likeness (QED) is 0.690.